The third-order valence-electron chi connectivity index (χ3n) is 18.2. The van der Waals surface area contributed by atoms with Crippen LogP contribution in [0.15, 0.2) is 35.5 Å². The molecule has 0 aromatic heterocycles. The number of esters is 1. The second-order valence-corrected chi connectivity index (χ2v) is 22.7. The lowest BCUT2D eigenvalue weighted by Crippen LogP contribution is -2.68. The number of carbonyl (C=O) groups excluding carboxylic acids is 1. The molecule has 51 heavy (non-hydrogen) atoms. The molecule has 2 saturated heterocycles. The van der Waals surface area contributed by atoms with Crippen LogP contribution in [0.1, 0.15) is 125 Å². The largest absolute Gasteiger partial charge is 0.465 e. The number of nitrogens with one attached hydrogen (secondary N) is 1. The molecule has 8 aliphatic rings. The van der Waals surface area contributed by atoms with E-state index in [4.69, 9.17) is 4.74 Å². The monoisotopic (exact) mass is 720 g/mol. The fraction of sp³-hybridized carbons (Fsp3) is 0.841. The van der Waals surface area contributed by atoms with Gasteiger partial charge in [-0.05, 0) is 153 Å². The molecule has 0 amide bonds. The molecule has 1 unspecified atom stereocenters. The first-order valence-electron chi connectivity index (χ1n) is 20.9. The number of nitrogens with zero attached hydrogens (tertiary/aromatic N) is 1. The van der Waals surface area contributed by atoms with E-state index in [0.29, 0.717) is 65.7 Å². The van der Waals surface area contributed by atoms with Crippen LogP contribution in [0.3, 0.4) is 0 Å². The highest BCUT2D eigenvalue weighted by Crippen LogP contribution is 2.76. The van der Waals surface area contributed by atoms with Crippen molar-refractivity contribution >= 4 is 15.8 Å². The Balaban J connectivity index is 1.04. The summed E-state index contributed by atoms with van der Waals surface area (Å²) in [6, 6.07) is 0. The van der Waals surface area contributed by atoms with Crippen molar-refractivity contribution in [1.82, 2.24) is 10.2 Å². The molecule has 0 radical (unpaired) electrons. The van der Waals surface area contributed by atoms with E-state index in [-0.39, 0.29) is 27.8 Å². The lowest BCUT2D eigenvalue weighted by Gasteiger charge is -2.72. The topological polar surface area (TPSA) is 75.7 Å². The van der Waals surface area contributed by atoms with E-state index in [1.54, 1.807) is 5.57 Å². The van der Waals surface area contributed by atoms with Crippen LogP contribution in [0.2, 0.25) is 0 Å². The second kappa shape index (κ2) is 12.3. The van der Waals surface area contributed by atoms with E-state index in [9.17, 15) is 13.2 Å². The molecule has 6 nitrogen and oxygen atoms in total. The van der Waals surface area contributed by atoms with Crippen molar-refractivity contribution in [2.45, 2.75) is 131 Å². The van der Waals surface area contributed by atoms with E-state index in [1.807, 2.05) is 0 Å². The summed E-state index contributed by atoms with van der Waals surface area (Å²) in [7, 11) is -2.85. The van der Waals surface area contributed by atoms with Crippen molar-refractivity contribution in [3.8, 4) is 0 Å². The van der Waals surface area contributed by atoms with Crippen molar-refractivity contribution < 1.29 is 17.9 Å². The van der Waals surface area contributed by atoms with Gasteiger partial charge in [0.1, 0.15) is 0 Å². The van der Waals surface area contributed by atoms with Crippen LogP contribution in [0.4, 0.5) is 0 Å². The van der Waals surface area contributed by atoms with Crippen LogP contribution in [0.5, 0.6) is 0 Å². The fourth-order valence-corrected chi connectivity index (χ4v) is 16.5. The summed E-state index contributed by atoms with van der Waals surface area (Å²) < 4.78 is 29.5. The van der Waals surface area contributed by atoms with Gasteiger partial charge in [0, 0.05) is 31.7 Å². The molecular formula is C44H68N2O4S. The maximum atomic E-state index is 12.6. The molecule has 284 valence electrons. The Bertz CT molecular complexity index is 1620. The summed E-state index contributed by atoms with van der Waals surface area (Å²) in [6.07, 6.45) is 20.4. The Kier molecular flexibility index (Phi) is 8.80. The van der Waals surface area contributed by atoms with Gasteiger partial charge in [0.05, 0.1) is 23.5 Å². The van der Waals surface area contributed by atoms with Crippen LogP contribution >= 0.6 is 0 Å². The van der Waals surface area contributed by atoms with E-state index in [1.165, 1.54) is 68.9 Å². The molecule has 2 heterocycles. The molecule has 4 saturated carbocycles. The highest BCUT2D eigenvalue weighted by Gasteiger charge is 2.70. The minimum Gasteiger partial charge on any atom is -0.465 e. The summed E-state index contributed by atoms with van der Waals surface area (Å²) in [5, 5.41) is 4.23. The SMILES string of the molecule is C=C(C)[C@@H]1CC[C@]2(NCCN3CCS(=O)(=O)CC3)CC[C@]3(C)[C@H](CC[C@@H]4[C@@]5(C)CC=C(C6=CCC7(CCOC7=O)CC6)C(C)(C)[C@@H]5CC[C@]43C)[C@@H]12. The Morgan fingerprint density at radius 2 is 1.67 bits per heavy atom. The first-order valence-corrected chi connectivity index (χ1v) is 22.7. The number of carbonyl (C=O) groups is 1. The predicted molar refractivity (Wildman–Crippen MR) is 206 cm³/mol. The van der Waals surface area contributed by atoms with Crippen LogP contribution in [0.25, 0.3) is 0 Å². The van der Waals surface area contributed by atoms with Gasteiger partial charge in [0.25, 0.3) is 0 Å². The summed E-state index contributed by atoms with van der Waals surface area (Å²) in [5.41, 5.74) is 5.44. The van der Waals surface area contributed by atoms with Crippen molar-refractivity contribution in [2.24, 2.45) is 56.7 Å². The summed E-state index contributed by atoms with van der Waals surface area (Å²) in [5.74, 6) is 3.97. The van der Waals surface area contributed by atoms with E-state index < -0.39 is 9.84 Å². The van der Waals surface area contributed by atoms with Gasteiger partial charge in [-0.2, -0.15) is 0 Å². The lowest BCUT2D eigenvalue weighted by atomic mass is 9.33. The van der Waals surface area contributed by atoms with Crippen molar-refractivity contribution in [3.05, 3.63) is 35.5 Å². The number of cyclic esters (lactones) is 1. The van der Waals surface area contributed by atoms with Gasteiger partial charge in [0.15, 0.2) is 9.84 Å². The highest BCUT2D eigenvalue weighted by atomic mass is 32.2. The molecule has 1 spiro atoms. The number of rotatable bonds is 6. The zero-order valence-electron chi connectivity index (χ0n) is 32.9. The maximum Gasteiger partial charge on any atom is 0.312 e. The number of hydrogen-bond acceptors (Lipinski definition) is 6. The van der Waals surface area contributed by atoms with E-state index in [2.05, 4.69) is 70.5 Å². The number of fused-ring (bicyclic) bond motifs is 7. The predicted octanol–water partition coefficient (Wildman–Crippen LogP) is 8.30. The molecule has 6 fully saturated rings. The minimum absolute atomic E-state index is 0.0396. The fourth-order valence-electron chi connectivity index (χ4n) is 15.2. The number of allylic oxidation sites excluding steroid dienone is 5. The number of hydrogen-bond donors (Lipinski definition) is 1. The van der Waals surface area contributed by atoms with Crippen molar-refractivity contribution in [2.75, 3.05) is 44.3 Å². The van der Waals surface area contributed by atoms with Gasteiger partial charge in [-0.1, -0.05) is 58.9 Å². The molecule has 2 aliphatic heterocycles. The third-order valence-corrected chi connectivity index (χ3v) is 19.8. The standard InChI is InChI=1S/C44H68N2O4S/c1-30(2)32-12-19-44(45-23-24-46-25-28-51(48,49)29-26-46)21-20-41(6)34(37(32)44)8-9-36-40(5)15-13-33(39(3,4)35(40)14-16-42(36,41)7)31-10-17-43(18-11-31)22-27-50-38(43)47/h10,13,32,34-37,45H,1,8-9,11-12,14-29H2,2-7H3/t32-,34+,35-,36+,37+,40-,41+,42+,43?,44-/m0/s1. The molecule has 8 rings (SSSR count). The first-order chi connectivity index (χ1) is 24.0. The number of ether oxygens (including phenoxy) is 1. The highest BCUT2D eigenvalue weighted by molar-refractivity contribution is 7.91. The summed E-state index contributed by atoms with van der Waals surface area (Å²) in [6.45, 7) is 24.1. The van der Waals surface area contributed by atoms with Gasteiger partial charge in [-0.15, -0.1) is 0 Å². The Morgan fingerprint density at radius 1 is 0.902 bits per heavy atom. The normalized spacial score (nSPS) is 47.3. The first kappa shape index (κ1) is 36.5. The van der Waals surface area contributed by atoms with Crippen LogP contribution in [-0.4, -0.2) is 69.1 Å². The maximum absolute atomic E-state index is 12.6. The molecule has 6 aliphatic carbocycles. The van der Waals surface area contributed by atoms with Gasteiger partial charge in [-0.3, -0.25) is 4.79 Å². The lowest BCUT2D eigenvalue weighted by molar-refractivity contribution is -0.221. The molecule has 0 aromatic carbocycles. The zero-order chi connectivity index (χ0) is 36.2. The second-order valence-electron chi connectivity index (χ2n) is 20.4. The Morgan fingerprint density at radius 3 is 2.33 bits per heavy atom. The van der Waals surface area contributed by atoms with Crippen LogP contribution in [0, 0.1) is 56.7 Å². The molecule has 10 atom stereocenters. The Hall–Kier alpha value is -1.44. The van der Waals surface area contributed by atoms with Gasteiger partial charge in [-0.25, -0.2) is 8.42 Å². The molecule has 7 heteroatoms. The quantitative estimate of drug-likeness (QED) is 0.220. The molecule has 0 bridgehead atoms. The van der Waals surface area contributed by atoms with E-state index in [0.717, 1.165) is 44.7 Å². The summed E-state index contributed by atoms with van der Waals surface area (Å²) in [4.78, 5) is 15.0. The van der Waals surface area contributed by atoms with Crippen LogP contribution < -0.4 is 5.32 Å². The average Bonchev–Trinajstić information content (AvgIpc) is 3.63. The van der Waals surface area contributed by atoms with Crippen molar-refractivity contribution in [1.29, 1.82) is 0 Å². The zero-order valence-corrected chi connectivity index (χ0v) is 33.7. The summed E-state index contributed by atoms with van der Waals surface area (Å²) >= 11 is 0. The van der Waals surface area contributed by atoms with E-state index >= 15 is 0 Å². The van der Waals surface area contributed by atoms with Gasteiger partial charge in [0.2, 0.25) is 0 Å². The molecule has 0 aromatic rings. The Labute approximate surface area is 310 Å². The van der Waals surface area contributed by atoms with Gasteiger partial charge >= 0.3 is 5.97 Å². The van der Waals surface area contributed by atoms with Gasteiger partial charge < -0.3 is 15.0 Å². The smallest absolute Gasteiger partial charge is 0.312 e. The molecule has 1 N–H and O–H groups in total. The third kappa shape index (κ3) is 5.40. The van der Waals surface area contributed by atoms with Crippen molar-refractivity contribution in [3.63, 3.8) is 0 Å². The molecular weight excluding hydrogens is 653 g/mol. The number of sulfone groups is 1. The van der Waals surface area contributed by atoms with Crippen LogP contribution in [-0.2, 0) is 19.4 Å². The minimum atomic E-state index is -2.85. The average molecular weight is 721 g/mol.